The van der Waals surface area contributed by atoms with Gasteiger partial charge in [-0.3, -0.25) is 24.5 Å². The number of piperidine rings is 1. The average Bonchev–Trinajstić information content (AvgIpc) is 3.35. The fourth-order valence-electron chi connectivity index (χ4n) is 5.56. The lowest BCUT2D eigenvalue weighted by molar-refractivity contribution is -0.124. The molecule has 2 aromatic carbocycles. The van der Waals surface area contributed by atoms with Gasteiger partial charge in [0, 0.05) is 47.7 Å². The zero-order valence-electron chi connectivity index (χ0n) is 21.7. The van der Waals surface area contributed by atoms with Crippen molar-refractivity contribution in [3.05, 3.63) is 90.1 Å². The van der Waals surface area contributed by atoms with E-state index < -0.39 is 17.9 Å². The van der Waals surface area contributed by atoms with Crippen LogP contribution in [0, 0.1) is 0 Å². The van der Waals surface area contributed by atoms with Crippen molar-refractivity contribution in [2.75, 3.05) is 13.6 Å². The number of imidazole rings is 1. The molecule has 1 amide bonds. The molecule has 3 N–H and O–H groups in total. The lowest BCUT2D eigenvalue weighted by Gasteiger charge is -2.36. The summed E-state index contributed by atoms with van der Waals surface area (Å²) in [6.07, 6.45) is 6.09. The number of likely N-dealkylation sites (N-methyl/N-ethyl adjacent to an activating group) is 1. The van der Waals surface area contributed by atoms with Crippen molar-refractivity contribution in [2.24, 2.45) is 5.73 Å². The molecule has 40 heavy (non-hydrogen) atoms. The molecule has 1 aliphatic heterocycles. The Kier molecular flexibility index (Phi) is 6.31. The lowest BCUT2D eigenvalue weighted by Crippen LogP contribution is -2.48. The van der Waals surface area contributed by atoms with Crippen molar-refractivity contribution >= 4 is 39.5 Å². The predicted octanol–water partition coefficient (Wildman–Crippen LogP) is 3.70. The Bertz CT molecular complexity index is 1810. The Balaban J connectivity index is 1.48. The maximum atomic E-state index is 14.1. The highest BCUT2D eigenvalue weighted by molar-refractivity contribution is 6.09. The number of pyridine rings is 2. The molecule has 0 spiro atoms. The van der Waals surface area contributed by atoms with Crippen LogP contribution in [0.25, 0.3) is 33.1 Å². The van der Waals surface area contributed by atoms with Crippen molar-refractivity contribution in [1.29, 1.82) is 0 Å². The minimum Gasteiger partial charge on any atom is -0.478 e. The highest BCUT2D eigenvalue weighted by Gasteiger charge is 2.34. The lowest BCUT2D eigenvalue weighted by atomic mass is 9.96. The van der Waals surface area contributed by atoms with E-state index in [0.717, 1.165) is 16.3 Å². The maximum Gasteiger partial charge on any atom is 0.335 e. The van der Waals surface area contributed by atoms with Crippen molar-refractivity contribution in [2.45, 2.75) is 24.9 Å². The summed E-state index contributed by atoms with van der Waals surface area (Å²) in [5.74, 6) is -1.69. The normalized spacial score (nSPS) is 17.7. The number of ketones is 1. The first-order valence-corrected chi connectivity index (χ1v) is 12.9. The quantitative estimate of drug-likeness (QED) is 0.314. The van der Waals surface area contributed by atoms with Gasteiger partial charge in [0.05, 0.1) is 28.3 Å². The van der Waals surface area contributed by atoms with Crippen molar-refractivity contribution < 1.29 is 19.5 Å². The first kappa shape index (κ1) is 25.3. The number of benzene rings is 2. The van der Waals surface area contributed by atoms with E-state index in [1.165, 1.54) is 12.1 Å². The molecule has 4 heterocycles. The molecular weight excluding hydrogens is 508 g/mol. The van der Waals surface area contributed by atoms with Crippen LogP contribution in [0.4, 0.5) is 0 Å². The molecule has 5 aromatic rings. The van der Waals surface area contributed by atoms with Gasteiger partial charge in [-0.25, -0.2) is 9.78 Å². The minimum absolute atomic E-state index is 0.0849. The van der Waals surface area contributed by atoms with Gasteiger partial charge in [-0.2, -0.15) is 0 Å². The van der Waals surface area contributed by atoms with Crippen LogP contribution in [0.2, 0.25) is 0 Å². The zero-order chi connectivity index (χ0) is 28.0. The summed E-state index contributed by atoms with van der Waals surface area (Å²) in [6, 6.07) is 15.0. The van der Waals surface area contributed by atoms with Crippen molar-refractivity contribution in [1.82, 2.24) is 24.4 Å². The number of likely N-dealkylation sites (tertiary alicyclic amines) is 1. The number of hydrogen-bond donors (Lipinski definition) is 2. The molecule has 1 fully saturated rings. The largest absolute Gasteiger partial charge is 0.478 e. The van der Waals surface area contributed by atoms with Crippen molar-refractivity contribution in [3.63, 3.8) is 0 Å². The number of carbonyl (C=O) groups is 3. The molecule has 1 saturated heterocycles. The van der Waals surface area contributed by atoms with Crippen LogP contribution in [0.1, 0.15) is 45.4 Å². The second kappa shape index (κ2) is 9.97. The van der Waals surface area contributed by atoms with Crippen molar-refractivity contribution in [3.8, 4) is 11.3 Å². The SMILES string of the molecule is CN1CCC(n2c(C(=O)c3ccnc(-c4cncc5ccccc45)c3)nc3ccc(C(=O)O)cc32)CC1C(N)=O. The predicted molar refractivity (Wildman–Crippen MR) is 149 cm³/mol. The summed E-state index contributed by atoms with van der Waals surface area (Å²) in [4.78, 5) is 53.5. The fraction of sp³-hybridized carbons (Fsp3) is 0.200. The number of carboxylic acids is 1. The number of fused-ring (bicyclic) bond motifs is 2. The van der Waals surface area contributed by atoms with E-state index >= 15 is 0 Å². The molecule has 10 nitrogen and oxygen atoms in total. The van der Waals surface area contributed by atoms with Crippen LogP contribution in [0.5, 0.6) is 0 Å². The Labute approximate surface area is 229 Å². The third-order valence-corrected chi connectivity index (χ3v) is 7.64. The first-order valence-electron chi connectivity index (χ1n) is 12.9. The Hall–Kier alpha value is -4.96. The molecule has 200 valence electrons. The number of amides is 1. The van der Waals surface area contributed by atoms with Crippen LogP contribution in [0.15, 0.2) is 73.2 Å². The summed E-state index contributed by atoms with van der Waals surface area (Å²) in [7, 11) is 1.84. The maximum absolute atomic E-state index is 14.1. The third kappa shape index (κ3) is 4.38. The zero-order valence-corrected chi connectivity index (χ0v) is 21.7. The molecular formula is C30H26N6O4. The van der Waals surface area contributed by atoms with Crippen LogP contribution in [0.3, 0.4) is 0 Å². The summed E-state index contributed by atoms with van der Waals surface area (Å²) >= 11 is 0. The number of rotatable bonds is 6. The van der Waals surface area contributed by atoms with E-state index in [0.29, 0.717) is 41.7 Å². The molecule has 1 aliphatic rings. The number of nitrogens with zero attached hydrogens (tertiary/aromatic N) is 5. The Morgan fingerprint density at radius 3 is 2.65 bits per heavy atom. The van der Waals surface area contributed by atoms with Gasteiger partial charge in [0.15, 0.2) is 5.82 Å². The topological polar surface area (TPSA) is 144 Å². The van der Waals surface area contributed by atoms with Gasteiger partial charge in [0.25, 0.3) is 0 Å². The van der Waals surface area contributed by atoms with E-state index in [-0.39, 0.29) is 23.2 Å². The average molecular weight is 535 g/mol. The molecule has 3 aromatic heterocycles. The minimum atomic E-state index is -1.08. The number of aromatic carboxylic acids is 1. The molecule has 10 heteroatoms. The van der Waals surface area contributed by atoms with E-state index in [9.17, 15) is 19.5 Å². The highest BCUT2D eigenvalue weighted by Crippen LogP contribution is 2.33. The fourth-order valence-corrected chi connectivity index (χ4v) is 5.56. The van der Waals surface area contributed by atoms with Gasteiger partial charge in [0.1, 0.15) is 0 Å². The van der Waals surface area contributed by atoms with Gasteiger partial charge in [0.2, 0.25) is 11.7 Å². The monoisotopic (exact) mass is 534 g/mol. The number of nitrogens with two attached hydrogens (primary N) is 1. The second-order valence-corrected chi connectivity index (χ2v) is 10.1. The van der Waals surface area contributed by atoms with E-state index in [2.05, 4.69) is 15.0 Å². The third-order valence-electron chi connectivity index (χ3n) is 7.64. The number of primary amides is 1. The molecule has 0 aliphatic carbocycles. The van der Waals surface area contributed by atoms with Gasteiger partial charge in [-0.1, -0.05) is 24.3 Å². The molecule has 0 bridgehead atoms. The van der Waals surface area contributed by atoms with Crippen LogP contribution >= 0.6 is 0 Å². The second-order valence-electron chi connectivity index (χ2n) is 10.1. The smallest absolute Gasteiger partial charge is 0.335 e. The van der Waals surface area contributed by atoms with Gasteiger partial charge >= 0.3 is 5.97 Å². The summed E-state index contributed by atoms with van der Waals surface area (Å²) < 4.78 is 1.78. The number of aromatic nitrogens is 4. The van der Waals surface area contributed by atoms with Gasteiger partial charge in [-0.05, 0) is 55.6 Å². The molecule has 0 saturated carbocycles. The summed E-state index contributed by atoms with van der Waals surface area (Å²) in [5.41, 5.74) is 8.57. The number of hydrogen-bond acceptors (Lipinski definition) is 7. The van der Waals surface area contributed by atoms with E-state index in [4.69, 9.17) is 5.73 Å². The first-order chi connectivity index (χ1) is 19.3. The number of carboxylic acid groups (broad SMARTS) is 1. The van der Waals surface area contributed by atoms with Gasteiger partial charge < -0.3 is 15.4 Å². The van der Waals surface area contributed by atoms with Gasteiger partial charge in [-0.15, -0.1) is 0 Å². The van der Waals surface area contributed by atoms with Crippen LogP contribution in [-0.4, -0.2) is 66.8 Å². The summed E-state index contributed by atoms with van der Waals surface area (Å²) in [5, 5.41) is 11.6. The molecule has 6 rings (SSSR count). The molecule has 2 unspecified atom stereocenters. The number of carbonyl (C=O) groups excluding carboxylic acids is 2. The molecule has 2 atom stereocenters. The Morgan fingerprint density at radius 1 is 1.02 bits per heavy atom. The standard InChI is InChI=1S/C30H26N6O4/c1-35-11-9-20(14-26(35)28(31)38)36-25-13-18(30(39)40)6-7-23(25)34-29(36)27(37)17-8-10-33-24(12-17)22-16-32-15-19-4-2-3-5-21(19)22/h2-8,10,12-13,15-16,20,26H,9,11,14H2,1H3,(H2,31,38)(H,39,40). The summed E-state index contributed by atoms with van der Waals surface area (Å²) in [6.45, 7) is 0.581. The van der Waals surface area contributed by atoms with E-state index in [1.807, 2.05) is 36.2 Å². The highest BCUT2D eigenvalue weighted by atomic mass is 16.4. The Morgan fingerprint density at radius 2 is 1.85 bits per heavy atom. The van der Waals surface area contributed by atoms with E-state index in [1.54, 1.807) is 41.4 Å². The van der Waals surface area contributed by atoms with Crippen LogP contribution < -0.4 is 5.73 Å². The molecule has 0 radical (unpaired) electrons. The van der Waals surface area contributed by atoms with Crippen LogP contribution in [-0.2, 0) is 4.79 Å².